The van der Waals surface area contributed by atoms with Crippen molar-refractivity contribution in [3.8, 4) is 0 Å². The summed E-state index contributed by atoms with van der Waals surface area (Å²) >= 11 is 0. The maximum Gasteiger partial charge on any atom is 0.109 e. The van der Waals surface area contributed by atoms with Crippen molar-refractivity contribution in [1.29, 1.82) is 0 Å². The Bertz CT molecular complexity index is 418. The second-order valence-corrected chi connectivity index (χ2v) is 6.08. The molecule has 0 aliphatic carbocycles. The molecule has 3 heterocycles. The lowest BCUT2D eigenvalue weighted by molar-refractivity contribution is 0.190. The molecule has 0 saturated carbocycles. The van der Waals surface area contributed by atoms with E-state index in [2.05, 4.69) is 21.4 Å². The molecule has 1 unspecified atom stereocenters. The highest BCUT2D eigenvalue weighted by molar-refractivity contribution is 5.12. The molecule has 0 spiro atoms. The summed E-state index contributed by atoms with van der Waals surface area (Å²) in [7, 11) is 0. The first-order valence-corrected chi connectivity index (χ1v) is 7.80. The van der Waals surface area contributed by atoms with E-state index in [0.717, 1.165) is 25.3 Å². The van der Waals surface area contributed by atoms with Gasteiger partial charge in [0.1, 0.15) is 5.82 Å². The summed E-state index contributed by atoms with van der Waals surface area (Å²) in [5, 5.41) is 0. The van der Waals surface area contributed by atoms with Gasteiger partial charge in [-0.25, -0.2) is 4.98 Å². The van der Waals surface area contributed by atoms with Gasteiger partial charge < -0.3 is 15.2 Å². The number of nitrogens with two attached hydrogens (primary N) is 1. The van der Waals surface area contributed by atoms with Crippen LogP contribution >= 0.6 is 0 Å². The highest BCUT2D eigenvalue weighted by Crippen LogP contribution is 2.27. The first-order valence-electron chi connectivity index (χ1n) is 7.80. The Morgan fingerprint density at radius 1 is 1.26 bits per heavy atom. The minimum Gasteiger partial charge on any atom is -0.331 e. The lowest BCUT2D eigenvalue weighted by atomic mass is 9.93. The van der Waals surface area contributed by atoms with Crippen LogP contribution in [0, 0.1) is 5.92 Å². The Hall–Kier alpha value is -0.870. The van der Waals surface area contributed by atoms with Crippen molar-refractivity contribution in [2.75, 3.05) is 19.6 Å². The van der Waals surface area contributed by atoms with Crippen LogP contribution in [0.4, 0.5) is 0 Å². The molecule has 4 heteroatoms. The van der Waals surface area contributed by atoms with Crippen molar-refractivity contribution >= 4 is 0 Å². The first kappa shape index (κ1) is 13.1. The average molecular weight is 262 g/mol. The normalized spacial score (nSPS) is 25.5. The SMILES string of the molecule is CCN1CCC(Cc2ncc3n2CCCC3N)CC1. The summed E-state index contributed by atoms with van der Waals surface area (Å²) < 4.78 is 2.39. The fourth-order valence-electron chi connectivity index (χ4n) is 3.53. The van der Waals surface area contributed by atoms with Crippen LogP contribution in [0.15, 0.2) is 6.20 Å². The molecule has 3 rings (SSSR count). The van der Waals surface area contributed by atoms with Gasteiger partial charge >= 0.3 is 0 Å². The second kappa shape index (κ2) is 5.63. The zero-order chi connectivity index (χ0) is 13.2. The third kappa shape index (κ3) is 2.70. The van der Waals surface area contributed by atoms with Gasteiger partial charge in [-0.05, 0) is 51.2 Å². The molecular formula is C15H26N4. The number of aromatic nitrogens is 2. The summed E-state index contributed by atoms with van der Waals surface area (Å²) in [5.74, 6) is 2.09. The molecule has 0 bridgehead atoms. The lowest BCUT2D eigenvalue weighted by Crippen LogP contribution is -2.34. The van der Waals surface area contributed by atoms with Crippen molar-refractivity contribution in [3.63, 3.8) is 0 Å². The Labute approximate surface area is 116 Å². The molecule has 4 nitrogen and oxygen atoms in total. The van der Waals surface area contributed by atoms with E-state index in [1.807, 2.05) is 6.20 Å². The third-order valence-electron chi connectivity index (χ3n) is 4.87. The van der Waals surface area contributed by atoms with Gasteiger partial charge in [-0.15, -0.1) is 0 Å². The first-order chi connectivity index (χ1) is 9.28. The fraction of sp³-hybridized carbons (Fsp3) is 0.800. The van der Waals surface area contributed by atoms with Crippen LogP contribution in [-0.2, 0) is 13.0 Å². The molecule has 2 aliphatic heterocycles. The van der Waals surface area contributed by atoms with E-state index in [9.17, 15) is 0 Å². The smallest absolute Gasteiger partial charge is 0.109 e. The van der Waals surface area contributed by atoms with Crippen molar-refractivity contribution < 1.29 is 0 Å². The van der Waals surface area contributed by atoms with E-state index in [1.54, 1.807) is 0 Å². The van der Waals surface area contributed by atoms with Gasteiger partial charge in [0.05, 0.1) is 11.9 Å². The summed E-state index contributed by atoms with van der Waals surface area (Å²) in [4.78, 5) is 7.20. The van der Waals surface area contributed by atoms with Crippen LogP contribution in [0.5, 0.6) is 0 Å². The van der Waals surface area contributed by atoms with E-state index in [1.165, 1.54) is 50.4 Å². The summed E-state index contributed by atoms with van der Waals surface area (Å²) in [6.45, 7) is 7.09. The Morgan fingerprint density at radius 2 is 2.05 bits per heavy atom. The number of hydrogen-bond acceptors (Lipinski definition) is 3. The van der Waals surface area contributed by atoms with E-state index >= 15 is 0 Å². The van der Waals surface area contributed by atoms with Crippen LogP contribution in [0.3, 0.4) is 0 Å². The Kier molecular flexibility index (Phi) is 3.89. The monoisotopic (exact) mass is 262 g/mol. The second-order valence-electron chi connectivity index (χ2n) is 6.08. The van der Waals surface area contributed by atoms with Crippen molar-refractivity contribution in [3.05, 3.63) is 17.7 Å². The average Bonchev–Trinajstić information content (AvgIpc) is 2.84. The Morgan fingerprint density at radius 3 is 2.79 bits per heavy atom. The van der Waals surface area contributed by atoms with Gasteiger partial charge in [-0.1, -0.05) is 6.92 Å². The zero-order valence-corrected chi connectivity index (χ0v) is 12.0. The molecule has 0 aromatic carbocycles. The molecule has 1 aromatic heterocycles. The summed E-state index contributed by atoms with van der Waals surface area (Å²) in [6, 6.07) is 0.205. The number of fused-ring (bicyclic) bond motifs is 1. The van der Waals surface area contributed by atoms with Gasteiger partial charge in [0.15, 0.2) is 0 Å². The zero-order valence-electron chi connectivity index (χ0n) is 12.0. The number of hydrogen-bond donors (Lipinski definition) is 1. The van der Waals surface area contributed by atoms with E-state index in [4.69, 9.17) is 5.73 Å². The fourth-order valence-corrected chi connectivity index (χ4v) is 3.53. The van der Waals surface area contributed by atoms with Gasteiger partial charge in [-0.2, -0.15) is 0 Å². The maximum absolute atomic E-state index is 6.16. The highest BCUT2D eigenvalue weighted by Gasteiger charge is 2.24. The number of piperidine rings is 1. The third-order valence-corrected chi connectivity index (χ3v) is 4.87. The molecule has 2 N–H and O–H groups in total. The number of likely N-dealkylation sites (tertiary alicyclic amines) is 1. The van der Waals surface area contributed by atoms with Crippen LogP contribution in [0.25, 0.3) is 0 Å². The van der Waals surface area contributed by atoms with Crippen molar-refractivity contribution in [1.82, 2.24) is 14.5 Å². The van der Waals surface area contributed by atoms with Crippen LogP contribution < -0.4 is 5.73 Å². The quantitative estimate of drug-likeness (QED) is 0.905. The van der Waals surface area contributed by atoms with Crippen LogP contribution in [-0.4, -0.2) is 34.1 Å². The molecule has 0 amide bonds. The topological polar surface area (TPSA) is 47.1 Å². The van der Waals surface area contributed by atoms with Gasteiger partial charge in [0.25, 0.3) is 0 Å². The predicted octanol–water partition coefficient (Wildman–Crippen LogP) is 1.95. The van der Waals surface area contributed by atoms with E-state index in [0.29, 0.717) is 0 Å². The minimum atomic E-state index is 0.205. The molecule has 1 atom stereocenters. The molecule has 2 aliphatic rings. The molecular weight excluding hydrogens is 236 g/mol. The molecule has 1 aromatic rings. The van der Waals surface area contributed by atoms with Crippen molar-refractivity contribution in [2.24, 2.45) is 11.7 Å². The van der Waals surface area contributed by atoms with Crippen LogP contribution in [0.2, 0.25) is 0 Å². The molecule has 0 radical (unpaired) electrons. The lowest BCUT2D eigenvalue weighted by Gasteiger charge is -2.31. The van der Waals surface area contributed by atoms with Crippen LogP contribution in [0.1, 0.15) is 50.2 Å². The van der Waals surface area contributed by atoms with E-state index in [-0.39, 0.29) is 6.04 Å². The van der Waals surface area contributed by atoms with Gasteiger partial charge in [-0.3, -0.25) is 0 Å². The highest BCUT2D eigenvalue weighted by atomic mass is 15.1. The van der Waals surface area contributed by atoms with Gasteiger partial charge in [0, 0.05) is 19.0 Å². The van der Waals surface area contributed by atoms with E-state index < -0.39 is 0 Å². The molecule has 1 fully saturated rings. The standard InChI is InChI=1S/C15H26N4/c1-2-18-8-5-12(6-9-18)10-15-17-11-14-13(16)4-3-7-19(14)15/h11-13H,2-10,16H2,1H3. The number of imidazole rings is 1. The molecule has 19 heavy (non-hydrogen) atoms. The minimum absolute atomic E-state index is 0.205. The summed E-state index contributed by atoms with van der Waals surface area (Å²) in [6.07, 6.45) is 8.11. The predicted molar refractivity (Wildman–Crippen MR) is 76.9 cm³/mol. The maximum atomic E-state index is 6.16. The van der Waals surface area contributed by atoms with Crippen molar-refractivity contribution in [2.45, 2.75) is 51.6 Å². The number of nitrogens with zero attached hydrogens (tertiary/aromatic N) is 3. The Balaban J connectivity index is 1.65. The number of rotatable bonds is 3. The largest absolute Gasteiger partial charge is 0.331 e. The molecule has 106 valence electrons. The summed E-state index contributed by atoms with van der Waals surface area (Å²) in [5.41, 5.74) is 7.42. The van der Waals surface area contributed by atoms with Gasteiger partial charge in [0.2, 0.25) is 0 Å². The molecule has 1 saturated heterocycles.